The maximum atomic E-state index is 14.4. The first-order chi connectivity index (χ1) is 10.5. The first kappa shape index (κ1) is 14.2. The molecule has 0 atom stereocenters. The molecule has 0 aliphatic carbocycles. The van der Waals surface area contributed by atoms with Crippen molar-refractivity contribution in [2.24, 2.45) is 0 Å². The Bertz CT molecular complexity index is 881. The summed E-state index contributed by atoms with van der Waals surface area (Å²) in [5, 5.41) is 9.79. The van der Waals surface area contributed by atoms with Gasteiger partial charge in [0.1, 0.15) is 11.6 Å². The number of nitrogen functional groups attached to an aromatic ring is 1. The van der Waals surface area contributed by atoms with Crippen LogP contribution in [0.4, 0.5) is 14.6 Å². The number of hydrogen-bond donors (Lipinski definition) is 2. The Morgan fingerprint density at radius 3 is 2.73 bits per heavy atom. The second-order valence-corrected chi connectivity index (χ2v) is 4.90. The number of halogens is 2. The molecule has 0 fully saturated rings. The van der Waals surface area contributed by atoms with Gasteiger partial charge in [-0.3, -0.25) is 4.98 Å². The molecule has 3 aromatic rings. The maximum Gasteiger partial charge on any atom is 0.168 e. The topological polar surface area (TPSA) is 72.0 Å². The fourth-order valence-corrected chi connectivity index (χ4v) is 2.47. The minimum absolute atomic E-state index is 0.0272. The Kier molecular flexibility index (Phi) is 3.36. The molecule has 112 valence electrons. The number of pyridine rings is 2. The zero-order valence-corrected chi connectivity index (χ0v) is 11.8. The lowest BCUT2D eigenvalue weighted by atomic mass is 9.98. The molecule has 3 rings (SSSR count). The van der Waals surface area contributed by atoms with Gasteiger partial charge in [-0.1, -0.05) is 6.92 Å². The molecule has 0 amide bonds. The number of aryl methyl sites for hydroxylation is 1. The van der Waals surface area contributed by atoms with Crippen molar-refractivity contribution in [3.8, 4) is 16.9 Å². The highest BCUT2D eigenvalue weighted by Crippen LogP contribution is 2.35. The highest BCUT2D eigenvalue weighted by Gasteiger charge is 2.19. The van der Waals surface area contributed by atoms with Crippen LogP contribution in [-0.4, -0.2) is 15.1 Å². The summed E-state index contributed by atoms with van der Waals surface area (Å²) in [6.45, 7) is 1.85. The zero-order chi connectivity index (χ0) is 15.9. The van der Waals surface area contributed by atoms with Crippen molar-refractivity contribution in [3.63, 3.8) is 0 Å². The number of nitrogens with zero attached hydrogens (tertiary/aromatic N) is 2. The quantitative estimate of drug-likeness (QED) is 0.760. The van der Waals surface area contributed by atoms with E-state index in [4.69, 9.17) is 5.73 Å². The van der Waals surface area contributed by atoms with Crippen LogP contribution in [0.25, 0.3) is 22.0 Å². The lowest BCUT2D eigenvalue weighted by Gasteiger charge is -2.12. The second kappa shape index (κ2) is 5.22. The molecule has 0 unspecified atom stereocenters. The SMILES string of the molecule is CCc1nc(N)ccc1-c1c(F)c(F)cc2cc(O)cnc12. The first-order valence-electron chi connectivity index (χ1n) is 6.73. The van der Waals surface area contributed by atoms with E-state index in [1.165, 1.54) is 18.3 Å². The molecule has 0 saturated carbocycles. The number of aromatic nitrogens is 2. The predicted octanol–water partition coefficient (Wildman–Crippen LogP) is 3.43. The summed E-state index contributed by atoms with van der Waals surface area (Å²) in [6.07, 6.45) is 1.70. The van der Waals surface area contributed by atoms with Gasteiger partial charge in [0.15, 0.2) is 11.6 Å². The monoisotopic (exact) mass is 301 g/mol. The van der Waals surface area contributed by atoms with E-state index in [1.807, 2.05) is 6.92 Å². The molecule has 2 heterocycles. The molecule has 0 radical (unpaired) electrons. The molecule has 0 bridgehead atoms. The van der Waals surface area contributed by atoms with Gasteiger partial charge in [-0.25, -0.2) is 13.8 Å². The lowest BCUT2D eigenvalue weighted by molar-refractivity contribution is 0.473. The number of benzene rings is 1. The van der Waals surface area contributed by atoms with E-state index in [1.54, 1.807) is 6.07 Å². The van der Waals surface area contributed by atoms with Gasteiger partial charge in [0.25, 0.3) is 0 Å². The third-order valence-electron chi connectivity index (χ3n) is 3.45. The Balaban J connectivity index is 2.42. The number of fused-ring (bicyclic) bond motifs is 1. The van der Waals surface area contributed by atoms with Gasteiger partial charge in [0.2, 0.25) is 0 Å². The Morgan fingerprint density at radius 2 is 2.00 bits per heavy atom. The van der Waals surface area contributed by atoms with E-state index in [9.17, 15) is 13.9 Å². The van der Waals surface area contributed by atoms with Crippen molar-refractivity contribution < 1.29 is 13.9 Å². The summed E-state index contributed by atoms with van der Waals surface area (Å²) >= 11 is 0. The van der Waals surface area contributed by atoms with Gasteiger partial charge in [-0.15, -0.1) is 0 Å². The second-order valence-electron chi connectivity index (χ2n) is 4.90. The van der Waals surface area contributed by atoms with Crippen molar-refractivity contribution in [1.82, 2.24) is 9.97 Å². The Morgan fingerprint density at radius 1 is 1.23 bits per heavy atom. The predicted molar refractivity (Wildman–Crippen MR) is 80.3 cm³/mol. The van der Waals surface area contributed by atoms with Crippen LogP contribution in [0.15, 0.2) is 30.5 Å². The van der Waals surface area contributed by atoms with Crippen LogP contribution in [0.5, 0.6) is 5.75 Å². The van der Waals surface area contributed by atoms with Gasteiger partial charge in [-0.2, -0.15) is 0 Å². The molecule has 0 saturated heterocycles. The molecular weight excluding hydrogens is 288 g/mol. The van der Waals surface area contributed by atoms with Gasteiger partial charge in [-0.05, 0) is 30.7 Å². The van der Waals surface area contributed by atoms with Crippen LogP contribution < -0.4 is 5.73 Å². The molecule has 2 aromatic heterocycles. The largest absolute Gasteiger partial charge is 0.506 e. The fraction of sp³-hybridized carbons (Fsp3) is 0.125. The van der Waals surface area contributed by atoms with E-state index in [2.05, 4.69) is 9.97 Å². The number of rotatable bonds is 2. The molecule has 3 N–H and O–H groups in total. The molecule has 4 nitrogen and oxygen atoms in total. The molecular formula is C16H13F2N3O. The fourth-order valence-electron chi connectivity index (χ4n) is 2.47. The van der Waals surface area contributed by atoms with E-state index >= 15 is 0 Å². The van der Waals surface area contributed by atoms with Crippen LogP contribution in [-0.2, 0) is 6.42 Å². The first-order valence-corrected chi connectivity index (χ1v) is 6.73. The van der Waals surface area contributed by atoms with Gasteiger partial charge < -0.3 is 10.8 Å². The molecule has 0 spiro atoms. The third-order valence-corrected chi connectivity index (χ3v) is 3.45. The van der Waals surface area contributed by atoms with E-state index in [0.29, 0.717) is 28.9 Å². The van der Waals surface area contributed by atoms with Crippen LogP contribution in [0.1, 0.15) is 12.6 Å². The van der Waals surface area contributed by atoms with Crippen molar-refractivity contribution in [2.75, 3.05) is 5.73 Å². The lowest BCUT2D eigenvalue weighted by Crippen LogP contribution is -2.01. The van der Waals surface area contributed by atoms with Crippen molar-refractivity contribution >= 4 is 16.7 Å². The average Bonchev–Trinajstić information content (AvgIpc) is 2.49. The Hall–Kier alpha value is -2.76. The molecule has 0 aliphatic heterocycles. The smallest absolute Gasteiger partial charge is 0.168 e. The van der Waals surface area contributed by atoms with Crippen LogP contribution >= 0.6 is 0 Å². The summed E-state index contributed by atoms with van der Waals surface area (Å²) in [6, 6.07) is 5.49. The number of aromatic hydroxyl groups is 1. The summed E-state index contributed by atoms with van der Waals surface area (Å²) in [4.78, 5) is 8.22. The minimum Gasteiger partial charge on any atom is -0.506 e. The van der Waals surface area contributed by atoms with E-state index in [-0.39, 0.29) is 16.8 Å². The Labute approximate surface area is 125 Å². The molecule has 0 aliphatic rings. The molecule has 1 aromatic carbocycles. The molecule has 6 heteroatoms. The van der Waals surface area contributed by atoms with Crippen molar-refractivity contribution in [3.05, 3.63) is 47.8 Å². The normalized spacial score (nSPS) is 11.0. The number of hydrogen-bond acceptors (Lipinski definition) is 4. The van der Waals surface area contributed by atoms with E-state index < -0.39 is 11.6 Å². The van der Waals surface area contributed by atoms with Gasteiger partial charge in [0.05, 0.1) is 17.4 Å². The number of nitrogens with two attached hydrogens (primary N) is 1. The van der Waals surface area contributed by atoms with Crippen LogP contribution in [0.3, 0.4) is 0 Å². The van der Waals surface area contributed by atoms with E-state index in [0.717, 1.165) is 6.07 Å². The maximum absolute atomic E-state index is 14.4. The zero-order valence-electron chi connectivity index (χ0n) is 11.8. The highest BCUT2D eigenvalue weighted by atomic mass is 19.2. The van der Waals surface area contributed by atoms with Crippen molar-refractivity contribution in [2.45, 2.75) is 13.3 Å². The van der Waals surface area contributed by atoms with Gasteiger partial charge in [0, 0.05) is 16.5 Å². The average molecular weight is 301 g/mol. The standard InChI is InChI=1S/C16H13F2N3O/c1-2-12-10(3-4-13(19)21-12)14-15(18)11(17)6-8-5-9(22)7-20-16(8)14/h3-7,22H,2H2,1H3,(H2,19,21). The van der Waals surface area contributed by atoms with Crippen LogP contribution in [0.2, 0.25) is 0 Å². The summed E-state index contributed by atoms with van der Waals surface area (Å²) in [7, 11) is 0. The third kappa shape index (κ3) is 2.22. The summed E-state index contributed by atoms with van der Waals surface area (Å²) in [5.74, 6) is -1.80. The van der Waals surface area contributed by atoms with Gasteiger partial charge >= 0.3 is 0 Å². The minimum atomic E-state index is -1.01. The van der Waals surface area contributed by atoms with Crippen LogP contribution in [0, 0.1) is 11.6 Å². The number of anilines is 1. The summed E-state index contributed by atoms with van der Waals surface area (Å²) in [5.41, 5.74) is 6.94. The summed E-state index contributed by atoms with van der Waals surface area (Å²) < 4.78 is 28.3. The van der Waals surface area contributed by atoms with Crippen molar-refractivity contribution in [1.29, 1.82) is 0 Å². The molecule has 22 heavy (non-hydrogen) atoms. The highest BCUT2D eigenvalue weighted by molar-refractivity contribution is 5.95.